The summed E-state index contributed by atoms with van der Waals surface area (Å²) in [7, 11) is 0. The number of nitrogens with one attached hydrogen (secondary N) is 1. The standard InChI is InChI=1S/C10H10FNO/c1-6(11)7-2-3-9-8(4-7)5-10(13)12-9/h2-4,6H,5H2,1H3,(H,12,13). The number of anilines is 1. The van der Waals surface area contributed by atoms with E-state index in [1.807, 2.05) is 0 Å². The summed E-state index contributed by atoms with van der Waals surface area (Å²) >= 11 is 0. The Balaban J connectivity index is 2.40. The molecule has 2 nitrogen and oxygen atoms in total. The molecule has 1 N–H and O–H groups in total. The Hall–Kier alpha value is -1.38. The van der Waals surface area contributed by atoms with Gasteiger partial charge in [0.2, 0.25) is 5.91 Å². The third-order valence-corrected chi connectivity index (χ3v) is 2.21. The first-order valence-corrected chi connectivity index (χ1v) is 4.23. The Morgan fingerprint density at radius 2 is 2.31 bits per heavy atom. The largest absolute Gasteiger partial charge is 0.326 e. The molecule has 0 fully saturated rings. The lowest BCUT2D eigenvalue weighted by Gasteiger charge is -2.04. The van der Waals surface area contributed by atoms with E-state index < -0.39 is 6.17 Å². The molecule has 0 aliphatic carbocycles. The van der Waals surface area contributed by atoms with Crippen molar-refractivity contribution in [2.45, 2.75) is 19.5 Å². The number of benzene rings is 1. The lowest BCUT2D eigenvalue weighted by Crippen LogP contribution is -2.03. The highest BCUT2D eigenvalue weighted by Gasteiger charge is 2.18. The molecule has 0 saturated carbocycles. The Morgan fingerprint density at radius 3 is 3.00 bits per heavy atom. The van der Waals surface area contributed by atoms with Crippen LogP contribution in [0.3, 0.4) is 0 Å². The molecule has 1 atom stereocenters. The van der Waals surface area contributed by atoms with Crippen molar-refractivity contribution in [3.05, 3.63) is 29.3 Å². The quantitative estimate of drug-likeness (QED) is 0.703. The minimum atomic E-state index is -0.971. The summed E-state index contributed by atoms with van der Waals surface area (Å²) in [5.74, 6) is -0.0151. The van der Waals surface area contributed by atoms with E-state index in [4.69, 9.17) is 0 Å². The molecule has 0 bridgehead atoms. The smallest absolute Gasteiger partial charge is 0.228 e. The van der Waals surface area contributed by atoms with Crippen LogP contribution in [-0.4, -0.2) is 5.91 Å². The van der Waals surface area contributed by atoms with Crippen molar-refractivity contribution in [3.63, 3.8) is 0 Å². The molecule has 1 aromatic carbocycles. The zero-order chi connectivity index (χ0) is 9.42. The van der Waals surface area contributed by atoms with Gasteiger partial charge in [0.15, 0.2) is 0 Å². The van der Waals surface area contributed by atoms with Crippen molar-refractivity contribution >= 4 is 11.6 Å². The number of amides is 1. The highest BCUT2D eigenvalue weighted by molar-refractivity contribution is 5.99. The van der Waals surface area contributed by atoms with Gasteiger partial charge in [0, 0.05) is 5.69 Å². The number of carbonyl (C=O) groups is 1. The zero-order valence-electron chi connectivity index (χ0n) is 7.30. The molecular weight excluding hydrogens is 169 g/mol. The molecule has 2 rings (SSSR count). The van der Waals surface area contributed by atoms with Crippen molar-refractivity contribution in [2.75, 3.05) is 5.32 Å². The van der Waals surface area contributed by atoms with Crippen LogP contribution in [0.15, 0.2) is 18.2 Å². The molecule has 0 spiro atoms. The van der Waals surface area contributed by atoms with E-state index in [0.29, 0.717) is 12.0 Å². The summed E-state index contributed by atoms with van der Waals surface area (Å²) in [5, 5.41) is 2.70. The van der Waals surface area contributed by atoms with E-state index in [-0.39, 0.29) is 5.91 Å². The minimum absolute atomic E-state index is 0.0151. The summed E-state index contributed by atoms with van der Waals surface area (Å²) in [5.41, 5.74) is 2.34. The fraction of sp³-hybridized carbons (Fsp3) is 0.300. The van der Waals surface area contributed by atoms with Gasteiger partial charge in [-0.15, -0.1) is 0 Å². The van der Waals surface area contributed by atoms with Gasteiger partial charge < -0.3 is 5.32 Å². The van der Waals surface area contributed by atoms with E-state index in [1.165, 1.54) is 6.92 Å². The number of hydrogen-bond acceptors (Lipinski definition) is 1. The molecular formula is C10H10FNO. The molecule has 0 radical (unpaired) electrons. The SMILES string of the molecule is CC(F)c1ccc2c(c1)CC(=O)N2. The van der Waals surface area contributed by atoms with Crippen LogP contribution in [-0.2, 0) is 11.2 Å². The normalized spacial score (nSPS) is 16.6. The molecule has 1 aromatic rings. The van der Waals surface area contributed by atoms with Crippen LogP contribution >= 0.6 is 0 Å². The summed E-state index contributed by atoms with van der Waals surface area (Å²) in [6.07, 6.45) is -0.600. The molecule has 1 aliphatic heterocycles. The van der Waals surface area contributed by atoms with E-state index in [0.717, 1.165) is 11.3 Å². The van der Waals surface area contributed by atoms with E-state index in [1.54, 1.807) is 18.2 Å². The van der Waals surface area contributed by atoms with Gasteiger partial charge in [-0.2, -0.15) is 0 Å². The maximum atomic E-state index is 12.9. The Morgan fingerprint density at radius 1 is 1.54 bits per heavy atom. The highest BCUT2D eigenvalue weighted by atomic mass is 19.1. The summed E-state index contributed by atoms with van der Waals surface area (Å²) in [4.78, 5) is 11.0. The average Bonchev–Trinajstić information content (AvgIpc) is 2.42. The summed E-state index contributed by atoms with van der Waals surface area (Å²) in [6, 6.07) is 5.21. The van der Waals surface area contributed by atoms with E-state index >= 15 is 0 Å². The Bertz CT molecular complexity index is 360. The van der Waals surface area contributed by atoms with Crippen LogP contribution < -0.4 is 5.32 Å². The van der Waals surface area contributed by atoms with Gasteiger partial charge in [-0.1, -0.05) is 12.1 Å². The molecule has 3 heteroatoms. The van der Waals surface area contributed by atoms with E-state index in [9.17, 15) is 9.18 Å². The number of rotatable bonds is 1. The van der Waals surface area contributed by atoms with Crippen LogP contribution in [0, 0.1) is 0 Å². The first-order chi connectivity index (χ1) is 6.16. The summed E-state index contributed by atoms with van der Waals surface area (Å²) < 4.78 is 12.9. The number of hydrogen-bond donors (Lipinski definition) is 1. The second kappa shape index (κ2) is 2.83. The van der Waals surface area contributed by atoms with Gasteiger partial charge >= 0.3 is 0 Å². The van der Waals surface area contributed by atoms with Crippen LogP contribution in [0.4, 0.5) is 10.1 Å². The van der Waals surface area contributed by atoms with Crippen LogP contribution in [0.2, 0.25) is 0 Å². The third-order valence-electron chi connectivity index (χ3n) is 2.21. The highest BCUT2D eigenvalue weighted by Crippen LogP contribution is 2.27. The first-order valence-electron chi connectivity index (χ1n) is 4.23. The predicted octanol–water partition coefficient (Wildman–Crippen LogP) is 2.21. The van der Waals surface area contributed by atoms with Crippen molar-refractivity contribution in [3.8, 4) is 0 Å². The van der Waals surface area contributed by atoms with Crippen LogP contribution in [0.5, 0.6) is 0 Å². The minimum Gasteiger partial charge on any atom is -0.326 e. The second-order valence-electron chi connectivity index (χ2n) is 3.26. The molecule has 0 aromatic heterocycles. The number of carbonyl (C=O) groups excluding carboxylic acids is 1. The van der Waals surface area contributed by atoms with Gasteiger partial charge in [0.1, 0.15) is 6.17 Å². The zero-order valence-corrected chi connectivity index (χ0v) is 7.30. The molecule has 1 aliphatic rings. The number of alkyl halides is 1. The topological polar surface area (TPSA) is 29.1 Å². The fourth-order valence-corrected chi connectivity index (χ4v) is 1.50. The van der Waals surface area contributed by atoms with Gasteiger partial charge in [-0.25, -0.2) is 4.39 Å². The van der Waals surface area contributed by atoms with Gasteiger partial charge in [0.25, 0.3) is 0 Å². The molecule has 1 amide bonds. The third kappa shape index (κ3) is 1.41. The first kappa shape index (κ1) is 8.23. The van der Waals surface area contributed by atoms with Crippen molar-refractivity contribution in [2.24, 2.45) is 0 Å². The average molecular weight is 179 g/mol. The number of halogens is 1. The van der Waals surface area contributed by atoms with Crippen LogP contribution in [0.1, 0.15) is 24.2 Å². The molecule has 1 unspecified atom stereocenters. The second-order valence-corrected chi connectivity index (χ2v) is 3.26. The lowest BCUT2D eigenvalue weighted by atomic mass is 10.1. The maximum Gasteiger partial charge on any atom is 0.228 e. The fourth-order valence-electron chi connectivity index (χ4n) is 1.50. The Kier molecular flexibility index (Phi) is 1.79. The Labute approximate surface area is 75.8 Å². The van der Waals surface area contributed by atoms with Gasteiger partial charge in [-0.05, 0) is 24.1 Å². The van der Waals surface area contributed by atoms with Gasteiger partial charge in [-0.3, -0.25) is 4.79 Å². The van der Waals surface area contributed by atoms with Crippen molar-refractivity contribution in [1.29, 1.82) is 0 Å². The molecule has 1 heterocycles. The van der Waals surface area contributed by atoms with Crippen molar-refractivity contribution in [1.82, 2.24) is 0 Å². The van der Waals surface area contributed by atoms with Gasteiger partial charge in [0.05, 0.1) is 6.42 Å². The predicted molar refractivity (Wildman–Crippen MR) is 48.3 cm³/mol. The molecule has 68 valence electrons. The van der Waals surface area contributed by atoms with Crippen LogP contribution in [0.25, 0.3) is 0 Å². The van der Waals surface area contributed by atoms with E-state index in [2.05, 4.69) is 5.32 Å². The monoisotopic (exact) mass is 179 g/mol. The number of fused-ring (bicyclic) bond motifs is 1. The molecule has 0 saturated heterocycles. The summed E-state index contributed by atoms with van der Waals surface area (Å²) in [6.45, 7) is 1.49. The van der Waals surface area contributed by atoms with Crippen molar-refractivity contribution < 1.29 is 9.18 Å². The lowest BCUT2D eigenvalue weighted by molar-refractivity contribution is -0.115. The maximum absolute atomic E-state index is 12.9. The molecule has 13 heavy (non-hydrogen) atoms.